The number of terminal acetylenes is 1. The molecule has 4 nitrogen and oxygen atoms in total. The lowest BCUT2D eigenvalue weighted by Gasteiger charge is -2.15. The van der Waals surface area contributed by atoms with Gasteiger partial charge in [0.05, 0.1) is 13.2 Å². The zero-order valence-corrected chi connectivity index (χ0v) is 11.2. The van der Waals surface area contributed by atoms with Gasteiger partial charge in [0.1, 0.15) is 11.9 Å². The maximum absolute atomic E-state index is 13.7. The van der Waals surface area contributed by atoms with E-state index in [9.17, 15) is 4.39 Å². The topological polar surface area (TPSA) is 59.6 Å². The van der Waals surface area contributed by atoms with Crippen molar-refractivity contribution in [1.82, 2.24) is 5.32 Å². The number of nitrogens with zero attached hydrogens (tertiary/aromatic N) is 1. The van der Waals surface area contributed by atoms with Crippen LogP contribution in [0.4, 0.5) is 4.39 Å². The van der Waals surface area contributed by atoms with Crippen molar-refractivity contribution in [2.75, 3.05) is 20.3 Å². The van der Waals surface area contributed by atoms with E-state index < -0.39 is 11.9 Å². The summed E-state index contributed by atoms with van der Waals surface area (Å²) >= 11 is 5.68. The third-order valence-electron chi connectivity index (χ3n) is 2.31. The van der Waals surface area contributed by atoms with Crippen molar-refractivity contribution in [2.24, 2.45) is 10.7 Å². The fourth-order valence-electron chi connectivity index (χ4n) is 1.40. The highest BCUT2D eigenvalue weighted by Crippen LogP contribution is 2.20. The molecule has 1 atom stereocenters. The molecule has 1 aromatic rings. The molecule has 0 spiro atoms. The highest BCUT2D eigenvalue weighted by atomic mass is 35.5. The molecule has 0 amide bonds. The van der Waals surface area contributed by atoms with Crippen LogP contribution in [0.3, 0.4) is 0 Å². The fraction of sp³-hybridized carbons (Fsp3) is 0.308. The lowest BCUT2D eigenvalue weighted by molar-refractivity contribution is 0.208. The summed E-state index contributed by atoms with van der Waals surface area (Å²) in [4.78, 5) is 3.99. The number of nitrogens with two attached hydrogens (primary N) is 1. The molecule has 1 unspecified atom stereocenters. The molecular formula is C13H15ClFN3O. The van der Waals surface area contributed by atoms with Crippen molar-refractivity contribution in [3.63, 3.8) is 0 Å². The van der Waals surface area contributed by atoms with Crippen molar-refractivity contribution in [3.8, 4) is 12.3 Å². The third-order valence-corrected chi connectivity index (χ3v) is 2.55. The monoisotopic (exact) mass is 283 g/mol. The first-order chi connectivity index (χ1) is 9.08. The lowest BCUT2D eigenvalue weighted by Crippen LogP contribution is -2.35. The molecule has 0 aliphatic heterocycles. The first kappa shape index (κ1) is 15.3. The Labute approximate surface area is 116 Å². The summed E-state index contributed by atoms with van der Waals surface area (Å²) in [5, 5.41) is 3.06. The quantitative estimate of drug-likeness (QED) is 0.374. The Morgan fingerprint density at radius 1 is 1.68 bits per heavy atom. The zero-order chi connectivity index (χ0) is 14.3. The predicted octanol–water partition coefficient (Wildman–Crippen LogP) is 1.70. The summed E-state index contributed by atoms with van der Waals surface area (Å²) in [5.41, 5.74) is 5.94. The van der Waals surface area contributed by atoms with Gasteiger partial charge in [-0.05, 0) is 12.1 Å². The van der Waals surface area contributed by atoms with Crippen LogP contribution in [0.5, 0.6) is 0 Å². The van der Waals surface area contributed by atoms with E-state index in [1.807, 2.05) is 0 Å². The van der Waals surface area contributed by atoms with Crippen LogP contribution in [0, 0.1) is 18.2 Å². The first-order valence-corrected chi connectivity index (χ1v) is 5.92. The number of aliphatic imine (C=N–C) groups is 1. The summed E-state index contributed by atoms with van der Waals surface area (Å²) in [6.07, 6.45) is 5.37. The van der Waals surface area contributed by atoms with Gasteiger partial charge in [-0.3, -0.25) is 4.99 Å². The summed E-state index contributed by atoms with van der Waals surface area (Å²) < 4.78 is 18.6. The van der Waals surface area contributed by atoms with Crippen LogP contribution in [0.1, 0.15) is 11.6 Å². The van der Waals surface area contributed by atoms with E-state index in [0.29, 0.717) is 18.2 Å². The number of hydrogen-bond acceptors (Lipinski definition) is 2. The minimum atomic E-state index is -0.705. The van der Waals surface area contributed by atoms with Crippen molar-refractivity contribution in [3.05, 3.63) is 34.6 Å². The molecule has 102 valence electrons. The zero-order valence-electron chi connectivity index (χ0n) is 10.5. The second kappa shape index (κ2) is 7.62. The number of hydrogen-bond donors (Lipinski definition) is 2. The van der Waals surface area contributed by atoms with E-state index in [0.717, 1.165) is 0 Å². The van der Waals surface area contributed by atoms with Crippen molar-refractivity contribution < 1.29 is 9.13 Å². The molecule has 6 heteroatoms. The predicted molar refractivity (Wildman–Crippen MR) is 74.5 cm³/mol. The molecule has 1 aromatic carbocycles. The van der Waals surface area contributed by atoms with Gasteiger partial charge in [0.25, 0.3) is 0 Å². The van der Waals surface area contributed by atoms with Crippen molar-refractivity contribution in [2.45, 2.75) is 6.04 Å². The Morgan fingerprint density at radius 3 is 3.00 bits per heavy atom. The molecule has 0 saturated carbocycles. The van der Waals surface area contributed by atoms with Gasteiger partial charge < -0.3 is 15.8 Å². The number of rotatable bonds is 5. The van der Waals surface area contributed by atoms with Crippen LogP contribution in [-0.2, 0) is 4.74 Å². The van der Waals surface area contributed by atoms with Gasteiger partial charge in [0.15, 0.2) is 5.96 Å². The van der Waals surface area contributed by atoms with E-state index in [1.165, 1.54) is 12.1 Å². The van der Waals surface area contributed by atoms with Gasteiger partial charge >= 0.3 is 0 Å². The molecule has 0 radical (unpaired) electrons. The number of benzene rings is 1. The molecule has 0 aromatic heterocycles. The standard InChI is InChI=1S/C13H15ClFN3O/c1-3-12(18-13(16)17-6-7-19-2)10-5-4-9(14)8-11(10)15/h1,4-5,8,12H,6-7H2,2H3,(H3,16,17,18). The summed E-state index contributed by atoms with van der Waals surface area (Å²) in [6, 6.07) is 3.56. The molecule has 0 bridgehead atoms. The minimum absolute atomic E-state index is 0.134. The molecule has 0 aliphatic carbocycles. The average Bonchev–Trinajstić information content (AvgIpc) is 2.37. The molecular weight excluding hydrogens is 269 g/mol. The van der Waals surface area contributed by atoms with E-state index in [2.05, 4.69) is 16.2 Å². The molecule has 3 N–H and O–H groups in total. The van der Waals surface area contributed by atoms with Crippen molar-refractivity contribution in [1.29, 1.82) is 0 Å². The average molecular weight is 284 g/mol. The highest BCUT2D eigenvalue weighted by Gasteiger charge is 2.14. The highest BCUT2D eigenvalue weighted by molar-refractivity contribution is 6.30. The van der Waals surface area contributed by atoms with E-state index >= 15 is 0 Å². The van der Waals surface area contributed by atoms with Crippen LogP contribution < -0.4 is 11.1 Å². The van der Waals surface area contributed by atoms with Gasteiger partial charge in [-0.25, -0.2) is 4.39 Å². The van der Waals surface area contributed by atoms with Gasteiger partial charge in [-0.2, -0.15) is 0 Å². The van der Waals surface area contributed by atoms with Crippen LogP contribution in [0.25, 0.3) is 0 Å². The molecule has 0 fully saturated rings. The summed E-state index contributed by atoms with van der Waals surface area (Å²) in [5.74, 6) is 2.05. The lowest BCUT2D eigenvalue weighted by atomic mass is 10.1. The third kappa shape index (κ3) is 4.78. The Morgan fingerprint density at radius 2 is 2.42 bits per heavy atom. The molecule has 1 rings (SSSR count). The van der Waals surface area contributed by atoms with Gasteiger partial charge in [0.2, 0.25) is 0 Å². The van der Waals surface area contributed by atoms with Gasteiger partial charge in [-0.1, -0.05) is 23.6 Å². The maximum Gasteiger partial charge on any atom is 0.189 e. The fourth-order valence-corrected chi connectivity index (χ4v) is 1.55. The van der Waals surface area contributed by atoms with Crippen molar-refractivity contribution >= 4 is 17.6 Å². The summed E-state index contributed by atoms with van der Waals surface area (Å²) in [7, 11) is 1.56. The Balaban J connectivity index is 2.79. The van der Waals surface area contributed by atoms with Crippen LogP contribution in [0.15, 0.2) is 23.2 Å². The molecule has 0 aliphatic rings. The second-order valence-corrected chi connectivity index (χ2v) is 4.11. The Hall–Kier alpha value is -1.77. The van der Waals surface area contributed by atoms with Crippen LogP contribution >= 0.6 is 11.6 Å². The number of ether oxygens (including phenoxy) is 1. The van der Waals surface area contributed by atoms with Crippen LogP contribution in [-0.4, -0.2) is 26.2 Å². The van der Waals surface area contributed by atoms with Gasteiger partial charge in [0, 0.05) is 17.7 Å². The Kier molecular flexibility index (Phi) is 6.13. The number of nitrogens with one attached hydrogen (secondary N) is 1. The van der Waals surface area contributed by atoms with Crippen LogP contribution in [0.2, 0.25) is 5.02 Å². The SMILES string of the molecule is C#CC(NC(N)=NCCOC)c1ccc(Cl)cc1F. The number of methoxy groups -OCH3 is 1. The minimum Gasteiger partial charge on any atom is -0.383 e. The first-order valence-electron chi connectivity index (χ1n) is 5.55. The second-order valence-electron chi connectivity index (χ2n) is 3.67. The molecule has 0 heterocycles. The number of halogens is 2. The summed E-state index contributed by atoms with van der Waals surface area (Å²) in [6.45, 7) is 0.841. The Bertz CT molecular complexity index is 499. The largest absolute Gasteiger partial charge is 0.383 e. The van der Waals surface area contributed by atoms with E-state index in [-0.39, 0.29) is 11.5 Å². The van der Waals surface area contributed by atoms with E-state index in [1.54, 1.807) is 13.2 Å². The molecule has 19 heavy (non-hydrogen) atoms. The van der Waals surface area contributed by atoms with Gasteiger partial charge in [-0.15, -0.1) is 6.42 Å². The smallest absolute Gasteiger partial charge is 0.189 e. The molecule has 0 saturated heterocycles. The van der Waals surface area contributed by atoms with E-state index in [4.69, 9.17) is 28.5 Å². The number of guanidine groups is 1. The normalized spacial score (nSPS) is 12.8. The maximum atomic E-state index is 13.7.